The highest BCUT2D eigenvalue weighted by Crippen LogP contribution is 2.21. The second kappa shape index (κ2) is 5.29. The lowest BCUT2D eigenvalue weighted by atomic mass is 10.0. The molecule has 3 nitrogen and oxygen atoms in total. The molecule has 2 aromatic carbocycles. The molecule has 0 aliphatic carbocycles. The van der Waals surface area contributed by atoms with Crippen LogP contribution >= 0.6 is 0 Å². The van der Waals surface area contributed by atoms with E-state index in [2.05, 4.69) is 12.1 Å². The number of carbonyl (C=O) groups is 2. The normalized spacial score (nSPS) is 14.9. The molecule has 0 radical (unpaired) electrons. The molecule has 1 amide bonds. The SMILES string of the molecule is O=C1CC(=O)N(c2ccc(Cc3ccccc3)cc2)C1. The van der Waals surface area contributed by atoms with Gasteiger partial charge >= 0.3 is 0 Å². The number of anilines is 1. The van der Waals surface area contributed by atoms with Crippen molar-refractivity contribution in [1.82, 2.24) is 0 Å². The van der Waals surface area contributed by atoms with E-state index in [0.29, 0.717) is 0 Å². The Hall–Kier alpha value is -2.42. The third-order valence-electron chi connectivity index (χ3n) is 3.48. The molecule has 2 aromatic rings. The van der Waals surface area contributed by atoms with Crippen molar-refractivity contribution >= 4 is 17.4 Å². The van der Waals surface area contributed by atoms with E-state index in [9.17, 15) is 9.59 Å². The van der Waals surface area contributed by atoms with Gasteiger partial charge in [-0.15, -0.1) is 0 Å². The van der Waals surface area contributed by atoms with Crippen molar-refractivity contribution in [2.24, 2.45) is 0 Å². The predicted molar refractivity (Wildman–Crippen MR) is 77.7 cm³/mol. The number of ketones is 1. The number of rotatable bonds is 3. The van der Waals surface area contributed by atoms with Gasteiger partial charge in [-0.1, -0.05) is 42.5 Å². The fourth-order valence-electron chi connectivity index (χ4n) is 2.45. The molecule has 20 heavy (non-hydrogen) atoms. The average molecular weight is 265 g/mol. The first-order chi connectivity index (χ1) is 9.72. The smallest absolute Gasteiger partial charge is 0.234 e. The topological polar surface area (TPSA) is 37.4 Å². The van der Waals surface area contributed by atoms with Gasteiger partial charge in [0, 0.05) is 5.69 Å². The van der Waals surface area contributed by atoms with Crippen LogP contribution in [-0.4, -0.2) is 18.2 Å². The van der Waals surface area contributed by atoms with Crippen molar-refractivity contribution in [3.05, 3.63) is 65.7 Å². The third-order valence-corrected chi connectivity index (χ3v) is 3.48. The fourth-order valence-corrected chi connectivity index (χ4v) is 2.45. The van der Waals surface area contributed by atoms with Crippen molar-refractivity contribution in [3.63, 3.8) is 0 Å². The molecule has 100 valence electrons. The molecule has 0 N–H and O–H groups in total. The van der Waals surface area contributed by atoms with Gasteiger partial charge in [-0.25, -0.2) is 0 Å². The lowest BCUT2D eigenvalue weighted by Gasteiger charge is -2.15. The van der Waals surface area contributed by atoms with Gasteiger partial charge in [0.15, 0.2) is 5.78 Å². The summed E-state index contributed by atoms with van der Waals surface area (Å²) in [5, 5.41) is 0. The summed E-state index contributed by atoms with van der Waals surface area (Å²) in [6.07, 6.45) is 0.903. The lowest BCUT2D eigenvalue weighted by Crippen LogP contribution is -2.24. The van der Waals surface area contributed by atoms with Crippen LogP contribution in [0.3, 0.4) is 0 Å². The highest BCUT2D eigenvalue weighted by Gasteiger charge is 2.28. The zero-order valence-electron chi connectivity index (χ0n) is 11.1. The summed E-state index contributed by atoms with van der Waals surface area (Å²) < 4.78 is 0. The van der Waals surface area contributed by atoms with Gasteiger partial charge in [0.2, 0.25) is 5.91 Å². The Morgan fingerprint density at radius 2 is 1.50 bits per heavy atom. The number of Topliss-reactive ketones (excluding diaryl/α,β-unsaturated/α-hetero) is 1. The summed E-state index contributed by atoms with van der Waals surface area (Å²) in [4.78, 5) is 24.5. The van der Waals surface area contributed by atoms with Crippen molar-refractivity contribution in [2.45, 2.75) is 12.8 Å². The van der Waals surface area contributed by atoms with E-state index in [4.69, 9.17) is 0 Å². The number of hydrogen-bond acceptors (Lipinski definition) is 2. The van der Waals surface area contributed by atoms with Gasteiger partial charge in [-0.05, 0) is 29.7 Å². The van der Waals surface area contributed by atoms with E-state index < -0.39 is 0 Å². The highest BCUT2D eigenvalue weighted by molar-refractivity contribution is 6.15. The Kier molecular flexibility index (Phi) is 3.33. The molecule has 0 aromatic heterocycles. The van der Waals surface area contributed by atoms with Crippen molar-refractivity contribution in [1.29, 1.82) is 0 Å². The molecule has 3 rings (SSSR count). The van der Waals surface area contributed by atoms with Gasteiger partial charge in [0.1, 0.15) is 0 Å². The molecule has 0 unspecified atom stereocenters. The number of nitrogens with zero attached hydrogens (tertiary/aromatic N) is 1. The zero-order valence-corrected chi connectivity index (χ0v) is 11.1. The summed E-state index contributed by atoms with van der Waals surface area (Å²) in [5.41, 5.74) is 3.25. The number of hydrogen-bond donors (Lipinski definition) is 0. The average Bonchev–Trinajstić information content (AvgIpc) is 2.80. The highest BCUT2D eigenvalue weighted by atomic mass is 16.2. The summed E-state index contributed by atoms with van der Waals surface area (Å²) >= 11 is 0. The Balaban J connectivity index is 1.75. The Labute approximate surface area is 117 Å². The van der Waals surface area contributed by atoms with E-state index in [0.717, 1.165) is 12.1 Å². The molecule has 1 fully saturated rings. The van der Waals surface area contributed by atoms with Crippen LogP contribution in [0, 0.1) is 0 Å². The molecule has 0 atom stereocenters. The van der Waals surface area contributed by atoms with Gasteiger partial charge < -0.3 is 4.90 Å². The number of benzene rings is 2. The van der Waals surface area contributed by atoms with Crippen LogP contribution in [0.2, 0.25) is 0 Å². The maximum atomic E-state index is 11.7. The predicted octanol–water partition coefficient (Wildman–Crippen LogP) is 2.58. The van der Waals surface area contributed by atoms with Gasteiger partial charge in [-0.3, -0.25) is 9.59 Å². The number of amides is 1. The van der Waals surface area contributed by atoms with Crippen molar-refractivity contribution in [2.75, 3.05) is 11.4 Å². The maximum absolute atomic E-state index is 11.7. The Morgan fingerprint density at radius 3 is 2.10 bits per heavy atom. The maximum Gasteiger partial charge on any atom is 0.234 e. The second-order valence-electron chi connectivity index (χ2n) is 5.02. The van der Waals surface area contributed by atoms with E-state index in [-0.39, 0.29) is 24.7 Å². The largest absolute Gasteiger partial charge is 0.305 e. The van der Waals surface area contributed by atoms with Gasteiger partial charge in [0.25, 0.3) is 0 Å². The van der Waals surface area contributed by atoms with Crippen LogP contribution in [0.4, 0.5) is 5.69 Å². The van der Waals surface area contributed by atoms with E-state index in [1.54, 1.807) is 4.90 Å². The first kappa shape index (κ1) is 12.6. The van der Waals surface area contributed by atoms with Crippen LogP contribution < -0.4 is 4.90 Å². The zero-order chi connectivity index (χ0) is 13.9. The molecule has 1 heterocycles. The molecule has 0 saturated carbocycles. The molecular weight excluding hydrogens is 250 g/mol. The van der Waals surface area contributed by atoms with Crippen molar-refractivity contribution in [3.8, 4) is 0 Å². The van der Waals surface area contributed by atoms with Crippen molar-refractivity contribution < 1.29 is 9.59 Å². The van der Waals surface area contributed by atoms with Crippen LogP contribution in [0.5, 0.6) is 0 Å². The summed E-state index contributed by atoms with van der Waals surface area (Å²) in [5.74, 6) is -0.117. The molecular formula is C17H15NO2. The molecule has 1 saturated heterocycles. The van der Waals surface area contributed by atoms with E-state index in [1.807, 2.05) is 42.5 Å². The lowest BCUT2D eigenvalue weighted by molar-refractivity contribution is -0.121. The minimum Gasteiger partial charge on any atom is -0.305 e. The standard InChI is InChI=1S/C17H15NO2/c19-16-11-17(20)18(12-16)15-8-6-14(7-9-15)10-13-4-2-1-3-5-13/h1-9H,10-12H2. The first-order valence-corrected chi connectivity index (χ1v) is 6.67. The third kappa shape index (κ3) is 2.62. The van der Waals surface area contributed by atoms with Crippen LogP contribution in [0.15, 0.2) is 54.6 Å². The molecule has 0 spiro atoms. The Bertz CT molecular complexity index is 632. The molecule has 1 aliphatic heterocycles. The number of carbonyl (C=O) groups excluding carboxylic acids is 2. The summed E-state index contributed by atoms with van der Waals surface area (Å²) in [6.45, 7) is 0.205. The minimum absolute atomic E-state index is 0.0108. The Morgan fingerprint density at radius 1 is 0.850 bits per heavy atom. The van der Waals surface area contributed by atoms with Crippen LogP contribution in [0.1, 0.15) is 17.5 Å². The second-order valence-corrected chi connectivity index (χ2v) is 5.02. The van der Waals surface area contributed by atoms with Gasteiger partial charge in [0.05, 0.1) is 13.0 Å². The van der Waals surface area contributed by atoms with Crippen LogP contribution in [-0.2, 0) is 16.0 Å². The van der Waals surface area contributed by atoms with Crippen LogP contribution in [0.25, 0.3) is 0 Å². The molecule has 0 bridgehead atoms. The van der Waals surface area contributed by atoms with E-state index >= 15 is 0 Å². The molecule has 1 aliphatic rings. The first-order valence-electron chi connectivity index (χ1n) is 6.67. The van der Waals surface area contributed by atoms with Gasteiger partial charge in [-0.2, -0.15) is 0 Å². The minimum atomic E-state index is -0.106. The summed E-state index contributed by atoms with van der Waals surface area (Å²) in [7, 11) is 0. The monoisotopic (exact) mass is 265 g/mol. The molecule has 3 heteroatoms. The quantitative estimate of drug-likeness (QED) is 0.800. The van der Waals surface area contributed by atoms with E-state index in [1.165, 1.54) is 11.1 Å². The fraction of sp³-hybridized carbons (Fsp3) is 0.176. The summed E-state index contributed by atoms with van der Waals surface area (Å²) in [6, 6.07) is 18.1.